The first-order valence-corrected chi connectivity index (χ1v) is 7.36. The molecule has 114 valence electrons. The van der Waals surface area contributed by atoms with Gasteiger partial charge in [-0.1, -0.05) is 29.8 Å². The summed E-state index contributed by atoms with van der Waals surface area (Å²) in [5, 5.41) is 8.63. The fourth-order valence-electron chi connectivity index (χ4n) is 2.68. The number of hydrogen-bond acceptors (Lipinski definition) is 5. The molecule has 6 nitrogen and oxygen atoms in total. The Labute approximate surface area is 136 Å². The summed E-state index contributed by atoms with van der Waals surface area (Å²) in [4.78, 5) is 9.14. The molecule has 0 bridgehead atoms. The molecule has 0 amide bonds. The van der Waals surface area contributed by atoms with E-state index in [1.54, 1.807) is 24.0 Å². The van der Waals surface area contributed by atoms with E-state index < -0.39 is 0 Å². The minimum atomic E-state index is 0.627. The number of aryl methyl sites for hydroxylation is 1. The SMILES string of the molecule is COc1c(-c2ccccc2Cl)cnc2c1nc(C)c1nncn12. The summed E-state index contributed by atoms with van der Waals surface area (Å²) < 4.78 is 7.44. The molecule has 0 aliphatic rings. The highest BCUT2D eigenvalue weighted by Crippen LogP contribution is 2.38. The first-order valence-electron chi connectivity index (χ1n) is 6.98. The molecule has 23 heavy (non-hydrogen) atoms. The zero-order valence-electron chi connectivity index (χ0n) is 12.5. The zero-order valence-corrected chi connectivity index (χ0v) is 13.2. The average Bonchev–Trinajstić information content (AvgIpc) is 3.05. The molecule has 0 spiro atoms. The summed E-state index contributed by atoms with van der Waals surface area (Å²) in [5.74, 6) is 0.627. The van der Waals surface area contributed by atoms with Crippen molar-refractivity contribution in [2.45, 2.75) is 6.92 Å². The molecule has 0 fully saturated rings. The van der Waals surface area contributed by atoms with E-state index in [1.807, 2.05) is 31.2 Å². The van der Waals surface area contributed by atoms with Gasteiger partial charge < -0.3 is 4.74 Å². The molecule has 0 unspecified atom stereocenters. The molecule has 7 heteroatoms. The molecule has 4 rings (SSSR count). The standard InChI is InChI=1S/C16H12ClN5O/c1-9-15-21-19-8-22(15)16-13(20-9)14(23-2)11(7-18-16)10-5-3-4-6-12(10)17/h3-8H,1-2H3. The van der Waals surface area contributed by atoms with Crippen molar-refractivity contribution in [3.63, 3.8) is 0 Å². The lowest BCUT2D eigenvalue weighted by Crippen LogP contribution is -2.01. The van der Waals surface area contributed by atoms with E-state index in [9.17, 15) is 0 Å². The van der Waals surface area contributed by atoms with Crippen LogP contribution in [0.25, 0.3) is 27.9 Å². The molecule has 0 aliphatic heterocycles. The number of rotatable bonds is 2. The fraction of sp³-hybridized carbons (Fsp3) is 0.125. The second-order valence-corrected chi connectivity index (χ2v) is 5.49. The first kappa shape index (κ1) is 13.9. The Morgan fingerprint density at radius 2 is 1.96 bits per heavy atom. The van der Waals surface area contributed by atoms with E-state index in [0.717, 1.165) is 16.8 Å². The van der Waals surface area contributed by atoms with Crippen LogP contribution in [0.2, 0.25) is 5.02 Å². The highest BCUT2D eigenvalue weighted by atomic mass is 35.5. The van der Waals surface area contributed by atoms with Crippen LogP contribution >= 0.6 is 11.6 Å². The fourth-order valence-corrected chi connectivity index (χ4v) is 2.92. The molecular weight excluding hydrogens is 314 g/mol. The van der Waals surface area contributed by atoms with Crippen molar-refractivity contribution in [2.24, 2.45) is 0 Å². The van der Waals surface area contributed by atoms with Crippen molar-refractivity contribution < 1.29 is 4.74 Å². The molecule has 1 aromatic carbocycles. The Balaban J connectivity index is 2.12. The van der Waals surface area contributed by atoms with Crippen LogP contribution in [-0.2, 0) is 0 Å². The van der Waals surface area contributed by atoms with Gasteiger partial charge in [0.05, 0.1) is 12.8 Å². The maximum absolute atomic E-state index is 6.32. The van der Waals surface area contributed by atoms with Crippen molar-refractivity contribution >= 4 is 28.4 Å². The minimum Gasteiger partial charge on any atom is -0.494 e. The molecule has 3 aromatic heterocycles. The topological polar surface area (TPSA) is 65.2 Å². The monoisotopic (exact) mass is 325 g/mol. The van der Waals surface area contributed by atoms with Crippen LogP contribution in [0.5, 0.6) is 5.75 Å². The van der Waals surface area contributed by atoms with Crippen LogP contribution in [0.1, 0.15) is 5.69 Å². The summed E-state index contributed by atoms with van der Waals surface area (Å²) >= 11 is 6.32. The van der Waals surface area contributed by atoms with Gasteiger partial charge in [0.1, 0.15) is 11.8 Å². The van der Waals surface area contributed by atoms with E-state index in [4.69, 9.17) is 16.3 Å². The second-order valence-electron chi connectivity index (χ2n) is 5.08. The normalized spacial score (nSPS) is 11.3. The lowest BCUT2D eigenvalue weighted by atomic mass is 10.1. The van der Waals surface area contributed by atoms with Gasteiger partial charge >= 0.3 is 0 Å². The summed E-state index contributed by atoms with van der Waals surface area (Å²) in [6.45, 7) is 1.88. The number of nitrogens with zero attached hydrogens (tertiary/aromatic N) is 5. The number of benzene rings is 1. The van der Waals surface area contributed by atoms with Crippen LogP contribution in [0.4, 0.5) is 0 Å². The van der Waals surface area contributed by atoms with Gasteiger partial charge in [0.25, 0.3) is 0 Å². The van der Waals surface area contributed by atoms with Crippen LogP contribution in [0.3, 0.4) is 0 Å². The zero-order chi connectivity index (χ0) is 16.0. The molecule has 0 saturated carbocycles. The van der Waals surface area contributed by atoms with E-state index >= 15 is 0 Å². The first-order chi connectivity index (χ1) is 11.2. The van der Waals surface area contributed by atoms with Crippen molar-refractivity contribution in [3.05, 3.63) is 47.5 Å². The van der Waals surface area contributed by atoms with Crippen LogP contribution in [0.15, 0.2) is 36.8 Å². The Bertz CT molecular complexity index is 1040. The number of halogens is 1. The van der Waals surface area contributed by atoms with Crippen molar-refractivity contribution in [2.75, 3.05) is 7.11 Å². The van der Waals surface area contributed by atoms with E-state index in [0.29, 0.717) is 27.6 Å². The van der Waals surface area contributed by atoms with Gasteiger partial charge in [0, 0.05) is 22.3 Å². The number of ether oxygens (including phenoxy) is 1. The number of pyridine rings is 1. The van der Waals surface area contributed by atoms with Gasteiger partial charge in [-0.2, -0.15) is 0 Å². The molecule has 0 aliphatic carbocycles. The van der Waals surface area contributed by atoms with Crippen molar-refractivity contribution in [1.29, 1.82) is 0 Å². The van der Waals surface area contributed by atoms with E-state index in [2.05, 4.69) is 20.2 Å². The molecule has 0 N–H and O–H groups in total. The van der Waals surface area contributed by atoms with Crippen LogP contribution < -0.4 is 4.74 Å². The summed E-state index contributed by atoms with van der Waals surface area (Å²) in [6, 6.07) is 7.57. The molecule has 3 heterocycles. The summed E-state index contributed by atoms with van der Waals surface area (Å²) in [5.41, 5.74) is 4.37. The Morgan fingerprint density at radius 1 is 1.13 bits per heavy atom. The third kappa shape index (κ3) is 2.03. The number of fused-ring (bicyclic) bond motifs is 3. The quantitative estimate of drug-likeness (QED) is 0.565. The van der Waals surface area contributed by atoms with Gasteiger partial charge in [-0.25, -0.2) is 9.97 Å². The number of hydrogen-bond donors (Lipinski definition) is 0. The third-order valence-corrected chi connectivity index (χ3v) is 4.06. The minimum absolute atomic E-state index is 0.627. The summed E-state index contributed by atoms with van der Waals surface area (Å²) in [6.07, 6.45) is 3.35. The van der Waals surface area contributed by atoms with Gasteiger partial charge in [-0.3, -0.25) is 4.40 Å². The van der Waals surface area contributed by atoms with E-state index in [-0.39, 0.29) is 0 Å². The van der Waals surface area contributed by atoms with Crippen molar-refractivity contribution in [3.8, 4) is 16.9 Å². The highest BCUT2D eigenvalue weighted by Gasteiger charge is 2.18. The molecule has 0 atom stereocenters. The Kier molecular flexibility index (Phi) is 3.12. The van der Waals surface area contributed by atoms with Crippen molar-refractivity contribution in [1.82, 2.24) is 24.6 Å². The maximum Gasteiger partial charge on any atom is 0.183 e. The maximum atomic E-state index is 6.32. The van der Waals surface area contributed by atoms with Gasteiger partial charge in [-0.05, 0) is 13.0 Å². The predicted molar refractivity (Wildman–Crippen MR) is 87.8 cm³/mol. The van der Waals surface area contributed by atoms with Gasteiger partial charge in [-0.15, -0.1) is 10.2 Å². The Morgan fingerprint density at radius 3 is 2.74 bits per heavy atom. The predicted octanol–water partition coefficient (Wildman–Crippen LogP) is 3.31. The van der Waals surface area contributed by atoms with E-state index in [1.165, 1.54) is 0 Å². The average molecular weight is 326 g/mol. The lowest BCUT2D eigenvalue weighted by Gasteiger charge is -2.13. The molecule has 4 aromatic rings. The largest absolute Gasteiger partial charge is 0.494 e. The third-order valence-electron chi connectivity index (χ3n) is 3.73. The highest BCUT2D eigenvalue weighted by molar-refractivity contribution is 6.33. The van der Waals surface area contributed by atoms with Gasteiger partial charge in [0.15, 0.2) is 17.0 Å². The molecular formula is C16H12ClN5O. The second kappa shape index (κ2) is 5.17. The van der Waals surface area contributed by atoms with Gasteiger partial charge in [0.2, 0.25) is 0 Å². The van der Waals surface area contributed by atoms with Crippen LogP contribution in [0, 0.1) is 6.92 Å². The molecule has 0 radical (unpaired) electrons. The summed E-state index contributed by atoms with van der Waals surface area (Å²) in [7, 11) is 1.61. The smallest absolute Gasteiger partial charge is 0.183 e. The van der Waals surface area contributed by atoms with Crippen LogP contribution in [-0.4, -0.2) is 31.7 Å². The Hall–Kier alpha value is -2.73. The lowest BCUT2D eigenvalue weighted by molar-refractivity contribution is 0.420. The number of aromatic nitrogens is 5. The molecule has 0 saturated heterocycles. The number of methoxy groups -OCH3 is 1.